The molecular weight excluding hydrogens is 372 g/mol. The number of aromatic nitrogens is 2. The van der Waals surface area contributed by atoms with Crippen LogP contribution >= 0.6 is 12.4 Å². The number of nitrogens with two attached hydrogens (primary N) is 1. The van der Waals surface area contributed by atoms with Gasteiger partial charge in [-0.15, -0.1) is 12.4 Å². The van der Waals surface area contributed by atoms with Crippen LogP contribution in [0.5, 0.6) is 0 Å². The van der Waals surface area contributed by atoms with Crippen LogP contribution < -0.4 is 5.73 Å². The highest BCUT2D eigenvalue weighted by molar-refractivity contribution is 5.91. The van der Waals surface area contributed by atoms with Gasteiger partial charge in [-0.1, -0.05) is 81.3 Å². The van der Waals surface area contributed by atoms with Crippen molar-refractivity contribution in [2.45, 2.75) is 83.0 Å². The lowest BCUT2D eigenvalue weighted by Crippen LogP contribution is -2.27. The number of halogens is 1. The molecule has 1 aromatic carbocycles. The largest absolute Gasteiger partial charge is 0.387 e. The number of hydrogen-bond acceptors (Lipinski definition) is 4. The monoisotopic (exact) mass is 404 g/mol. The van der Waals surface area contributed by atoms with E-state index in [0.717, 1.165) is 24.8 Å². The van der Waals surface area contributed by atoms with Crippen molar-refractivity contribution in [1.29, 1.82) is 5.41 Å². The molecule has 0 bridgehead atoms. The van der Waals surface area contributed by atoms with Crippen LogP contribution in [0.15, 0.2) is 28.8 Å². The lowest BCUT2D eigenvalue weighted by Gasteiger charge is -2.05. The quantitative estimate of drug-likeness (QED) is 0.265. The standard InChI is InChI=1S/C22H32N4O.ClH/c1-2-3-4-5-6-7-8-9-10-17-11-13-18(14-12-17)19-25-21(27-26-19)22(15-16-22)20(23)24;/h11-14H,2-10,15-16H2,1H3,(H3,23,24);1H. The van der Waals surface area contributed by atoms with Crippen LogP contribution in [-0.2, 0) is 11.8 Å². The van der Waals surface area contributed by atoms with E-state index in [9.17, 15) is 0 Å². The van der Waals surface area contributed by atoms with E-state index >= 15 is 0 Å². The fourth-order valence-corrected chi connectivity index (χ4v) is 3.54. The third-order valence-electron chi connectivity index (χ3n) is 5.63. The van der Waals surface area contributed by atoms with Crippen LogP contribution in [0.25, 0.3) is 11.4 Å². The number of benzene rings is 1. The summed E-state index contributed by atoms with van der Waals surface area (Å²) in [5, 5.41) is 11.8. The minimum atomic E-state index is -0.498. The molecule has 3 N–H and O–H groups in total. The van der Waals surface area contributed by atoms with E-state index in [1.54, 1.807) is 0 Å². The van der Waals surface area contributed by atoms with Gasteiger partial charge in [0.2, 0.25) is 11.7 Å². The zero-order valence-corrected chi connectivity index (χ0v) is 17.7. The Morgan fingerprint density at radius 2 is 1.64 bits per heavy atom. The number of unbranched alkanes of at least 4 members (excludes halogenated alkanes) is 7. The van der Waals surface area contributed by atoms with Gasteiger partial charge in [-0.3, -0.25) is 5.41 Å². The molecule has 5 nitrogen and oxygen atoms in total. The van der Waals surface area contributed by atoms with Gasteiger partial charge in [0.25, 0.3) is 0 Å². The number of amidine groups is 1. The van der Waals surface area contributed by atoms with Gasteiger partial charge >= 0.3 is 0 Å². The molecule has 0 aliphatic heterocycles. The normalized spacial score (nSPS) is 14.5. The van der Waals surface area contributed by atoms with Crippen molar-refractivity contribution in [1.82, 2.24) is 10.1 Å². The summed E-state index contributed by atoms with van der Waals surface area (Å²) in [5.74, 6) is 1.18. The van der Waals surface area contributed by atoms with Gasteiger partial charge in [-0.2, -0.15) is 4.98 Å². The Bertz CT molecular complexity index is 737. The van der Waals surface area contributed by atoms with Crippen LogP contribution in [0.4, 0.5) is 0 Å². The maximum atomic E-state index is 7.73. The summed E-state index contributed by atoms with van der Waals surface area (Å²) in [6.07, 6.45) is 13.5. The number of aryl methyl sites for hydroxylation is 1. The summed E-state index contributed by atoms with van der Waals surface area (Å²) in [6, 6.07) is 8.43. The van der Waals surface area contributed by atoms with Crippen molar-refractivity contribution in [3.8, 4) is 11.4 Å². The second-order valence-corrected chi connectivity index (χ2v) is 7.84. The molecule has 0 unspecified atom stereocenters. The Morgan fingerprint density at radius 3 is 2.21 bits per heavy atom. The number of nitrogens with zero attached hydrogens (tertiary/aromatic N) is 2. The van der Waals surface area contributed by atoms with Gasteiger partial charge < -0.3 is 10.3 Å². The smallest absolute Gasteiger partial charge is 0.240 e. The summed E-state index contributed by atoms with van der Waals surface area (Å²) in [6.45, 7) is 2.26. The van der Waals surface area contributed by atoms with Crippen LogP contribution in [0, 0.1) is 5.41 Å². The minimum absolute atomic E-state index is 0. The highest BCUT2D eigenvalue weighted by Crippen LogP contribution is 2.47. The summed E-state index contributed by atoms with van der Waals surface area (Å²) >= 11 is 0. The van der Waals surface area contributed by atoms with E-state index in [-0.39, 0.29) is 18.2 Å². The molecule has 0 radical (unpaired) electrons. The number of nitrogens with one attached hydrogen (secondary N) is 1. The molecule has 1 saturated carbocycles. The number of hydrogen-bond donors (Lipinski definition) is 2. The van der Waals surface area contributed by atoms with Crippen molar-refractivity contribution in [3.63, 3.8) is 0 Å². The van der Waals surface area contributed by atoms with Crippen LogP contribution in [0.2, 0.25) is 0 Å². The van der Waals surface area contributed by atoms with Gasteiger partial charge in [-0.05, 0) is 31.2 Å². The molecule has 2 aromatic rings. The van der Waals surface area contributed by atoms with E-state index in [1.807, 2.05) is 0 Å². The fourth-order valence-electron chi connectivity index (χ4n) is 3.54. The van der Waals surface area contributed by atoms with Crippen molar-refractivity contribution < 1.29 is 4.52 Å². The predicted molar refractivity (Wildman–Crippen MR) is 116 cm³/mol. The van der Waals surface area contributed by atoms with Gasteiger partial charge in [-0.25, -0.2) is 0 Å². The Kier molecular flexibility index (Phi) is 8.49. The summed E-state index contributed by atoms with van der Waals surface area (Å²) in [4.78, 5) is 4.48. The summed E-state index contributed by atoms with van der Waals surface area (Å²) in [7, 11) is 0. The first kappa shape index (κ1) is 22.4. The van der Waals surface area contributed by atoms with E-state index in [0.29, 0.717) is 11.7 Å². The Hall–Kier alpha value is -1.88. The molecule has 1 heterocycles. The van der Waals surface area contributed by atoms with Crippen molar-refractivity contribution in [2.75, 3.05) is 0 Å². The van der Waals surface area contributed by atoms with Gasteiger partial charge in [0.15, 0.2) is 0 Å². The topological polar surface area (TPSA) is 88.8 Å². The Labute approximate surface area is 174 Å². The molecule has 0 spiro atoms. The summed E-state index contributed by atoms with van der Waals surface area (Å²) < 4.78 is 5.38. The average Bonchev–Trinajstić information content (AvgIpc) is 3.35. The molecule has 6 heteroatoms. The first-order valence-corrected chi connectivity index (χ1v) is 10.4. The minimum Gasteiger partial charge on any atom is -0.387 e. The zero-order valence-electron chi connectivity index (χ0n) is 16.9. The molecule has 0 saturated heterocycles. The van der Waals surface area contributed by atoms with Crippen molar-refractivity contribution >= 4 is 18.2 Å². The van der Waals surface area contributed by atoms with Crippen LogP contribution in [-0.4, -0.2) is 16.0 Å². The number of rotatable bonds is 12. The second kappa shape index (κ2) is 10.6. The average molecular weight is 405 g/mol. The fraction of sp³-hybridized carbons (Fsp3) is 0.591. The van der Waals surface area contributed by atoms with Crippen molar-refractivity contribution in [3.05, 3.63) is 35.7 Å². The van der Waals surface area contributed by atoms with Crippen molar-refractivity contribution in [2.24, 2.45) is 5.73 Å². The molecule has 3 rings (SSSR count). The highest BCUT2D eigenvalue weighted by Gasteiger charge is 2.52. The molecular formula is C22H33ClN4O. The molecule has 28 heavy (non-hydrogen) atoms. The molecule has 0 atom stereocenters. The first-order valence-electron chi connectivity index (χ1n) is 10.4. The lowest BCUT2D eigenvalue weighted by molar-refractivity contribution is 0.367. The van der Waals surface area contributed by atoms with Crippen LogP contribution in [0.3, 0.4) is 0 Å². The highest BCUT2D eigenvalue weighted by atomic mass is 35.5. The van der Waals surface area contributed by atoms with Gasteiger partial charge in [0.1, 0.15) is 11.3 Å². The summed E-state index contributed by atoms with van der Waals surface area (Å²) in [5.41, 5.74) is 7.49. The first-order chi connectivity index (χ1) is 13.2. The van der Waals surface area contributed by atoms with E-state index in [2.05, 4.69) is 41.3 Å². The van der Waals surface area contributed by atoms with Gasteiger partial charge in [0, 0.05) is 5.56 Å². The molecule has 1 aliphatic rings. The third-order valence-corrected chi connectivity index (χ3v) is 5.63. The molecule has 1 aliphatic carbocycles. The second-order valence-electron chi connectivity index (χ2n) is 7.84. The van der Waals surface area contributed by atoms with E-state index in [4.69, 9.17) is 15.7 Å². The van der Waals surface area contributed by atoms with Gasteiger partial charge in [0.05, 0.1) is 0 Å². The van der Waals surface area contributed by atoms with Crippen LogP contribution in [0.1, 0.15) is 82.6 Å². The SMILES string of the molecule is CCCCCCCCCCc1ccc(-c2noc(C3(C(=N)N)CC3)n2)cc1.Cl. The maximum Gasteiger partial charge on any atom is 0.240 e. The lowest BCUT2D eigenvalue weighted by atomic mass is 10.0. The Balaban J connectivity index is 0.00000280. The zero-order chi connectivity index (χ0) is 19.1. The predicted octanol–water partition coefficient (Wildman–Crippen LogP) is 5.81. The maximum absolute atomic E-state index is 7.73. The Morgan fingerprint density at radius 1 is 1.04 bits per heavy atom. The molecule has 0 amide bonds. The molecule has 1 aromatic heterocycles. The molecule has 1 fully saturated rings. The van der Waals surface area contributed by atoms with E-state index < -0.39 is 5.41 Å². The molecule has 154 valence electrons. The third kappa shape index (κ3) is 5.57. The van der Waals surface area contributed by atoms with E-state index in [1.165, 1.54) is 56.9 Å².